The van der Waals surface area contributed by atoms with Gasteiger partial charge in [0, 0.05) is 42.7 Å². The summed E-state index contributed by atoms with van der Waals surface area (Å²) in [7, 11) is 0. The van der Waals surface area contributed by atoms with Crippen LogP contribution >= 0.6 is 0 Å². The molecular formula is C23H33N3O+2. The lowest BCUT2D eigenvalue weighted by atomic mass is 10.0. The molecule has 2 heterocycles. The molecule has 144 valence electrons. The van der Waals surface area contributed by atoms with E-state index in [1.807, 2.05) is 0 Å². The molecule has 27 heavy (non-hydrogen) atoms. The number of quaternary nitrogens is 2. The van der Waals surface area contributed by atoms with Gasteiger partial charge in [-0.15, -0.1) is 0 Å². The molecule has 0 spiro atoms. The molecule has 4 rings (SSSR count). The maximum Gasteiger partial charge on any atom is 0.103 e. The van der Waals surface area contributed by atoms with Crippen molar-refractivity contribution in [3.05, 3.63) is 65.7 Å². The summed E-state index contributed by atoms with van der Waals surface area (Å²) >= 11 is 0. The Kier molecular flexibility index (Phi) is 6.40. The van der Waals surface area contributed by atoms with Crippen molar-refractivity contribution in [1.82, 2.24) is 0 Å². The summed E-state index contributed by atoms with van der Waals surface area (Å²) in [4.78, 5) is 4.16. The first-order chi connectivity index (χ1) is 13.4. The number of hydrogen-bond acceptors (Lipinski definition) is 2. The molecule has 3 N–H and O–H groups in total. The van der Waals surface area contributed by atoms with Crippen LogP contribution in [0.15, 0.2) is 54.6 Å². The number of rotatable bonds is 6. The molecular weight excluding hydrogens is 334 g/mol. The van der Waals surface area contributed by atoms with E-state index in [2.05, 4.69) is 64.8 Å². The molecule has 0 saturated carbocycles. The van der Waals surface area contributed by atoms with E-state index in [1.54, 1.807) is 4.90 Å². The predicted octanol–water partition coefficient (Wildman–Crippen LogP) is 0.834. The highest BCUT2D eigenvalue weighted by molar-refractivity contribution is 5.47. The third-order valence-corrected chi connectivity index (χ3v) is 6.03. The monoisotopic (exact) mass is 367 g/mol. The van der Waals surface area contributed by atoms with Crippen molar-refractivity contribution in [3.63, 3.8) is 0 Å². The number of piperidine rings is 1. The van der Waals surface area contributed by atoms with Gasteiger partial charge in [-0.2, -0.15) is 0 Å². The molecule has 0 atom stereocenters. The third kappa shape index (κ3) is 5.32. The number of anilines is 1. The van der Waals surface area contributed by atoms with Crippen LogP contribution in [-0.4, -0.2) is 45.4 Å². The van der Waals surface area contributed by atoms with Crippen molar-refractivity contribution in [2.45, 2.75) is 32.0 Å². The lowest BCUT2D eigenvalue weighted by Gasteiger charge is -2.29. The first-order valence-corrected chi connectivity index (χ1v) is 10.5. The third-order valence-electron chi connectivity index (χ3n) is 6.03. The van der Waals surface area contributed by atoms with Gasteiger partial charge < -0.3 is 19.9 Å². The van der Waals surface area contributed by atoms with Crippen molar-refractivity contribution in [2.75, 3.05) is 44.3 Å². The van der Waals surface area contributed by atoms with Gasteiger partial charge in [0.05, 0.1) is 32.3 Å². The highest BCUT2D eigenvalue weighted by Crippen LogP contribution is 2.16. The Balaban J connectivity index is 1.19. The number of likely N-dealkylation sites (tertiary alicyclic amines) is 1. The Labute approximate surface area is 163 Å². The summed E-state index contributed by atoms with van der Waals surface area (Å²) in [6.07, 6.45) is 2.65. The Morgan fingerprint density at radius 2 is 1.59 bits per heavy atom. The van der Waals surface area contributed by atoms with Crippen LogP contribution in [-0.2, 0) is 17.8 Å². The first kappa shape index (κ1) is 18.5. The van der Waals surface area contributed by atoms with Crippen LogP contribution in [0.1, 0.15) is 24.0 Å². The van der Waals surface area contributed by atoms with E-state index in [4.69, 9.17) is 4.74 Å². The molecule has 2 saturated heterocycles. The predicted molar refractivity (Wildman–Crippen MR) is 109 cm³/mol. The van der Waals surface area contributed by atoms with Gasteiger partial charge in [-0.1, -0.05) is 42.5 Å². The van der Waals surface area contributed by atoms with Crippen molar-refractivity contribution >= 4 is 5.69 Å². The number of ether oxygens (including phenoxy) is 1. The molecule has 0 amide bonds. The number of hydrogen-bond donors (Lipinski definition) is 2. The van der Waals surface area contributed by atoms with Crippen LogP contribution in [0.3, 0.4) is 0 Å². The molecule has 4 nitrogen and oxygen atoms in total. The number of benzene rings is 2. The minimum absolute atomic E-state index is 0.781. The smallest absolute Gasteiger partial charge is 0.103 e. The minimum atomic E-state index is 0.781. The Bertz CT molecular complexity index is 675. The van der Waals surface area contributed by atoms with E-state index >= 15 is 0 Å². The van der Waals surface area contributed by atoms with Gasteiger partial charge in [0.15, 0.2) is 0 Å². The Morgan fingerprint density at radius 3 is 2.30 bits per heavy atom. The largest absolute Gasteiger partial charge is 0.378 e. The van der Waals surface area contributed by atoms with Gasteiger partial charge in [0.25, 0.3) is 0 Å². The molecule has 2 fully saturated rings. The maximum absolute atomic E-state index is 5.44. The van der Waals surface area contributed by atoms with Crippen molar-refractivity contribution in [3.8, 4) is 0 Å². The van der Waals surface area contributed by atoms with E-state index in [0.717, 1.165) is 38.9 Å². The van der Waals surface area contributed by atoms with Crippen LogP contribution in [0.2, 0.25) is 0 Å². The summed E-state index contributed by atoms with van der Waals surface area (Å²) in [6, 6.07) is 20.9. The number of nitrogens with zero attached hydrogens (tertiary/aromatic N) is 1. The molecule has 0 bridgehead atoms. The molecule has 0 aromatic heterocycles. The average Bonchev–Trinajstić information content (AvgIpc) is 2.75. The van der Waals surface area contributed by atoms with E-state index in [1.165, 1.54) is 49.3 Å². The Morgan fingerprint density at radius 1 is 0.889 bits per heavy atom. The van der Waals surface area contributed by atoms with E-state index in [0.29, 0.717) is 0 Å². The zero-order chi connectivity index (χ0) is 18.3. The second-order valence-corrected chi connectivity index (χ2v) is 7.96. The molecule has 0 unspecified atom stereocenters. The fourth-order valence-electron chi connectivity index (χ4n) is 4.31. The molecule has 2 aromatic rings. The summed E-state index contributed by atoms with van der Waals surface area (Å²) in [5.41, 5.74) is 4.24. The Hall–Kier alpha value is -1.88. The van der Waals surface area contributed by atoms with Crippen molar-refractivity contribution < 1.29 is 15.0 Å². The van der Waals surface area contributed by atoms with Gasteiger partial charge in [-0.05, 0) is 12.1 Å². The van der Waals surface area contributed by atoms with E-state index in [-0.39, 0.29) is 0 Å². The second kappa shape index (κ2) is 9.36. The molecule has 2 aliphatic heterocycles. The lowest BCUT2D eigenvalue weighted by Crippen LogP contribution is -3.13. The van der Waals surface area contributed by atoms with Crippen LogP contribution in [0.4, 0.5) is 5.69 Å². The highest BCUT2D eigenvalue weighted by atomic mass is 16.5. The summed E-state index contributed by atoms with van der Waals surface area (Å²) in [6.45, 7) is 8.59. The standard InChI is InChI=1S/C23H31N3O/c1-2-4-21(5-3-1)19-25-12-10-22(11-13-25)24-18-20-6-8-23(9-7-20)26-14-16-27-17-15-26/h1-9,22,24H,10-19H2/p+2. The van der Waals surface area contributed by atoms with Crippen LogP contribution < -0.4 is 15.1 Å². The van der Waals surface area contributed by atoms with Crippen LogP contribution in [0.5, 0.6) is 0 Å². The highest BCUT2D eigenvalue weighted by Gasteiger charge is 2.24. The molecule has 0 aliphatic carbocycles. The van der Waals surface area contributed by atoms with E-state index in [9.17, 15) is 0 Å². The zero-order valence-corrected chi connectivity index (χ0v) is 16.3. The topological polar surface area (TPSA) is 33.5 Å². The van der Waals surface area contributed by atoms with Gasteiger partial charge >= 0.3 is 0 Å². The normalized spacial score (nSPS) is 23.3. The first-order valence-electron chi connectivity index (χ1n) is 10.5. The van der Waals surface area contributed by atoms with Gasteiger partial charge in [-0.25, -0.2) is 0 Å². The second-order valence-electron chi connectivity index (χ2n) is 7.96. The number of nitrogens with two attached hydrogens (primary N) is 1. The molecule has 0 radical (unpaired) electrons. The van der Waals surface area contributed by atoms with E-state index < -0.39 is 0 Å². The van der Waals surface area contributed by atoms with Gasteiger partial charge in [0.2, 0.25) is 0 Å². The van der Waals surface area contributed by atoms with Crippen molar-refractivity contribution in [1.29, 1.82) is 0 Å². The maximum atomic E-state index is 5.44. The van der Waals surface area contributed by atoms with Crippen LogP contribution in [0, 0.1) is 0 Å². The number of morpholine rings is 1. The average molecular weight is 368 g/mol. The fourth-order valence-corrected chi connectivity index (χ4v) is 4.31. The van der Waals surface area contributed by atoms with Gasteiger partial charge in [-0.3, -0.25) is 0 Å². The van der Waals surface area contributed by atoms with Crippen molar-refractivity contribution in [2.24, 2.45) is 0 Å². The lowest BCUT2D eigenvalue weighted by molar-refractivity contribution is -0.926. The SMILES string of the molecule is c1ccc(C[NH+]2CCC([NH2+]Cc3ccc(N4CCOCC4)cc3)CC2)cc1. The summed E-state index contributed by atoms with van der Waals surface area (Å²) < 4.78 is 5.44. The van der Waals surface area contributed by atoms with Gasteiger partial charge in [0.1, 0.15) is 13.1 Å². The molecule has 2 aliphatic rings. The summed E-state index contributed by atoms with van der Waals surface area (Å²) in [5.74, 6) is 0. The molecule has 2 aromatic carbocycles. The zero-order valence-electron chi connectivity index (χ0n) is 16.3. The fraction of sp³-hybridized carbons (Fsp3) is 0.478. The minimum Gasteiger partial charge on any atom is -0.378 e. The quantitative estimate of drug-likeness (QED) is 0.793. The molecule has 4 heteroatoms. The van der Waals surface area contributed by atoms with Crippen LogP contribution in [0.25, 0.3) is 0 Å². The summed E-state index contributed by atoms with van der Waals surface area (Å²) in [5, 5.41) is 2.56. The number of nitrogens with one attached hydrogen (secondary N) is 1.